The molecule has 0 aromatic carbocycles. The van der Waals surface area contributed by atoms with E-state index in [1.54, 1.807) is 29.5 Å². The SMILES string of the molecule is [S-]SSSSS[S-]. The number of rotatable bonds is 4. The fraction of sp³-hybridized carbons (Fsp3) is 0. The third-order valence-electron chi connectivity index (χ3n) is 0.111. The van der Waals surface area contributed by atoms with E-state index in [0.717, 1.165) is 0 Å². The highest BCUT2D eigenvalue weighted by Crippen LogP contribution is 2.46. The van der Waals surface area contributed by atoms with Gasteiger partial charge in [0.05, 0.1) is 0 Å². The second-order valence-electron chi connectivity index (χ2n) is 0.340. The minimum Gasteiger partial charge on any atom is -0.706 e. The van der Waals surface area contributed by atoms with Crippen LogP contribution in [-0.4, -0.2) is 0 Å². The molecular weight excluding hydrogens is 224 g/mol. The second kappa shape index (κ2) is 8.45. The Bertz CT molecular complexity index is 19.2. The number of hydrogen-bond donors (Lipinski definition) is 0. The van der Waals surface area contributed by atoms with Crippen molar-refractivity contribution in [3.8, 4) is 0 Å². The molecule has 0 saturated carbocycles. The van der Waals surface area contributed by atoms with Crippen LogP contribution in [-0.2, 0) is 23.3 Å². The van der Waals surface area contributed by atoms with Crippen LogP contribution >= 0.6 is 49.1 Å². The fourth-order valence-corrected chi connectivity index (χ4v) is 8.27. The predicted molar refractivity (Wildman–Crippen MR) is 52.7 cm³/mol. The lowest BCUT2D eigenvalue weighted by atomic mass is 30.2. The summed E-state index contributed by atoms with van der Waals surface area (Å²) in [6.07, 6.45) is 0. The molecule has 0 spiro atoms. The van der Waals surface area contributed by atoms with Crippen LogP contribution < -0.4 is 0 Å². The second-order valence-corrected chi connectivity index (χ2v) is 9.19. The Morgan fingerprint density at radius 2 is 1.14 bits per heavy atom. The van der Waals surface area contributed by atoms with Gasteiger partial charge in [0.2, 0.25) is 0 Å². The van der Waals surface area contributed by atoms with Gasteiger partial charge in [0.1, 0.15) is 0 Å². The van der Waals surface area contributed by atoms with Crippen molar-refractivity contribution in [1.82, 2.24) is 0 Å². The van der Waals surface area contributed by atoms with Gasteiger partial charge in [-0.3, -0.25) is 19.7 Å². The molecule has 0 rings (SSSR count). The molecule has 0 atom stereocenters. The zero-order chi connectivity index (χ0) is 5.54. The lowest BCUT2D eigenvalue weighted by molar-refractivity contribution is 5.73. The minimum atomic E-state index is 1.32. The van der Waals surface area contributed by atoms with Crippen molar-refractivity contribution in [1.29, 1.82) is 0 Å². The Morgan fingerprint density at radius 3 is 1.43 bits per heavy atom. The first-order chi connectivity index (χ1) is 3.41. The van der Waals surface area contributed by atoms with E-state index in [-0.39, 0.29) is 0 Å². The zero-order valence-corrected chi connectivity index (χ0v) is 8.57. The molecule has 0 fully saturated rings. The van der Waals surface area contributed by atoms with Gasteiger partial charge in [0.15, 0.2) is 0 Å². The average molecular weight is 224 g/mol. The maximum Gasteiger partial charge on any atom is -0.00550 e. The monoisotopic (exact) mass is 224 g/mol. The molecule has 0 aliphatic carbocycles. The third-order valence-corrected chi connectivity index (χ3v) is 9.00. The van der Waals surface area contributed by atoms with E-state index in [0.29, 0.717) is 0 Å². The van der Waals surface area contributed by atoms with Crippen molar-refractivity contribution in [2.75, 3.05) is 0 Å². The maximum absolute atomic E-state index is 4.57. The summed E-state index contributed by atoms with van der Waals surface area (Å²) in [7, 11) is 7.36. The molecule has 0 N–H and O–H groups in total. The van der Waals surface area contributed by atoms with Crippen LogP contribution in [0.5, 0.6) is 0 Å². The van der Waals surface area contributed by atoms with Gasteiger partial charge in [0, 0.05) is 0 Å². The molecule has 0 aromatic heterocycles. The van der Waals surface area contributed by atoms with E-state index in [1.807, 2.05) is 0 Å². The summed E-state index contributed by atoms with van der Waals surface area (Å²) in [5, 5.41) is 0. The van der Waals surface area contributed by atoms with Crippen LogP contribution in [0, 0.1) is 0 Å². The highest BCUT2D eigenvalue weighted by molar-refractivity contribution is 9.43. The molecule has 0 heterocycles. The van der Waals surface area contributed by atoms with Gasteiger partial charge >= 0.3 is 0 Å². The Morgan fingerprint density at radius 1 is 0.714 bits per heavy atom. The van der Waals surface area contributed by atoms with Crippen LogP contribution in [0.25, 0.3) is 0 Å². The summed E-state index contributed by atoms with van der Waals surface area (Å²) < 4.78 is 0. The van der Waals surface area contributed by atoms with Crippen molar-refractivity contribution in [3.05, 3.63) is 0 Å². The fourth-order valence-electron chi connectivity index (χ4n) is 0.0340. The van der Waals surface area contributed by atoms with E-state index in [4.69, 9.17) is 0 Å². The summed E-state index contributed by atoms with van der Waals surface area (Å²) >= 11 is 9.14. The van der Waals surface area contributed by atoms with Gasteiger partial charge in [-0.25, -0.2) is 0 Å². The molecule has 0 aliphatic heterocycles. The molecule has 7 heavy (non-hydrogen) atoms. The molecule has 0 aliphatic rings. The molecule has 0 unspecified atom stereocenters. The Kier molecular flexibility index (Phi) is 11.4. The summed E-state index contributed by atoms with van der Waals surface area (Å²) in [5.74, 6) is 0. The van der Waals surface area contributed by atoms with Gasteiger partial charge in [-0.1, -0.05) is 0 Å². The van der Waals surface area contributed by atoms with E-state index in [2.05, 4.69) is 23.3 Å². The molecule has 7 heteroatoms. The van der Waals surface area contributed by atoms with Crippen molar-refractivity contribution < 1.29 is 0 Å². The maximum atomic E-state index is 4.57. The van der Waals surface area contributed by atoms with Crippen LogP contribution in [0.3, 0.4) is 0 Å². The lowest BCUT2D eigenvalue weighted by Gasteiger charge is -2.02. The molecule has 0 nitrogen and oxygen atoms in total. The van der Waals surface area contributed by atoms with E-state index < -0.39 is 0 Å². The minimum absolute atomic E-state index is 1.32. The first-order valence-electron chi connectivity index (χ1n) is 1.00. The third kappa shape index (κ3) is 8.45. The first kappa shape index (κ1) is 9.45. The Balaban J connectivity index is 2.45. The first-order valence-corrected chi connectivity index (χ1v) is 9.00. The Hall–Kier alpha value is 2.45. The Labute approximate surface area is 71.7 Å². The van der Waals surface area contributed by atoms with Crippen molar-refractivity contribution in [3.63, 3.8) is 0 Å². The molecule has 0 amide bonds. The van der Waals surface area contributed by atoms with E-state index in [9.17, 15) is 0 Å². The molecule has 44 valence electrons. The van der Waals surface area contributed by atoms with Crippen LogP contribution in [0.4, 0.5) is 0 Å². The van der Waals surface area contributed by atoms with Crippen LogP contribution in [0.2, 0.25) is 0 Å². The molecule has 0 saturated heterocycles. The summed E-state index contributed by atoms with van der Waals surface area (Å²) in [6.45, 7) is 0. The normalized spacial score (nSPS) is 9.43. The lowest BCUT2D eigenvalue weighted by Crippen LogP contribution is -1.27. The molecule has 0 radical (unpaired) electrons. The largest absolute Gasteiger partial charge is 0.706 e. The predicted octanol–water partition coefficient (Wildman–Crippen LogP) is 3.24. The molecule has 0 bridgehead atoms. The van der Waals surface area contributed by atoms with E-state index >= 15 is 0 Å². The number of hydrogen-bond acceptors (Lipinski definition) is 7. The summed E-state index contributed by atoms with van der Waals surface area (Å²) in [4.78, 5) is 0. The van der Waals surface area contributed by atoms with Crippen molar-refractivity contribution in [2.24, 2.45) is 0 Å². The van der Waals surface area contributed by atoms with Gasteiger partial charge < -0.3 is 23.3 Å². The van der Waals surface area contributed by atoms with Gasteiger partial charge in [-0.05, 0) is 29.5 Å². The standard InChI is InChI=1S/H2S7/c1-3-5-7-6-4-2/h1-2H/p-2. The zero-order valence-electron chi connectivity index (χ0n) is 2.86. The van der Waals surface area contributed by atoms with Gasteiger partial charge in [0.25, 0.3) is 0 Å². The van der Waals surface area contributed by atoms with Gasteiger partial charge in [-0.2, -0.15) is 0 Å². The van der Waals surface area contributed by atoms with Crippen molar-refractivity contribution >= 4 is 72.5 Å². The average Bonchev–Trinajstić information content (AvgIpc) is 1.69. The van der Waals surface area contributed by atoms with Crippen LogP contribution in [0.15, 0.2) is 0 Å². The highest BCUT2D eigenvalue weighted by Gasteiger charge is 1.74. The quantitative estimate of drug-likeness (QED) is 0.403. The summed E-state index contributed by atoms with van der Waals surface area (Å²) in [5.41, 5.74) is 0. The van der Waals surface area contributed by atoms with Crippen LogP contribution in [0.1, 0.15) is 0 Å². The topological polar surface area (TPSA) is 0 Å². The van der Waals surface area contributed by atoms with Gasteiger partial charge in [-0.15, -0.1) is 0 Å². The summed E-state index contributed by atoms with van der Waals surface area (Å²) in [6, 6.07) is 0. The van der Waals surface area contributed by atoms with Crippen molar-refractivity contribution in [2.45, 2.75) is 0 Å². The molecule has 0 aromatic rings. The molecular formula is S7-2. The van der Waals surface area contributed by atoms with E-state index in [1.165, 1.54) is 19.7 Å². The highest BCUT2D eigenvalue weighted by atomic mass is 33.9. The smallest absolute Gasteiger partial charge is 0.00550 e.